The third kappa shape index (κ3) is 4.77. The van der Waals surface area contributed by atoms with Gasteiger partial charge in [-0.25, -0.2) is 0 Å². The van der Waals surface area contributed by atoms with Crippen molar-refractivity contribution in [1.29, 1.82) is 21.0 Å². The summed E-state index contributed by atoms with van der Waals surface area (Å²) in [6, 6.07) is 68.9. The maximum Gasteiger partial charge on any atom is 0.0998 e. The van der Waals surface area contributed by atoms with Crippen molar-refractivity contribution in [2.24, 2.45) is 0 Å². The van der Waals surface area contributed by atoms with E-state index in [0.29, 0.717) is 22.3 Å². The number of hydrogen-bond donors (Lipinski definition) is 0. The number of benzene rings is 12. The third-order valence-corrected chi connectivity index (χ3v) is 14.3. The zero-order valence-electron chi connectivity index (χ0n) is 35.0. The van der Waals surface area contributed by atoms with Gasteiger partial charge in [-0.1, -0.05) is 84.9 Å². The van der Waals surface area contributed by atoms with Gasteiger partial charge in [-0.15, -0.1) is 0 Å². The van der Waals surface area contributed by atoms with E-state index in [2.05, 4.69) is 146 Å². The first-order valence-electron chi connectivity index (χ1n) is 21.9. The normalized spacial score (nSPS) is 11.9. The average Bonchev–Trinajstić information content (AvgIpc) is 3.86. The van der Waals surface area contributed by atoms with Crippen LogP contribution >= 0.6 is 0 Å². The van der Waals surface area contributed by atoms with E-state index in [1.165, 1.54) is 43.8 Å². The molecule has 2 aliphatic rings. The molecule has 4 nitrogen and oxygen atoms in total. The number of fused-ring (bicyclic) bond motifs is 13. The van der Waals surface area contributed by atoms with Crippen molar-refractivity contribution < 1.29 is 0 Å². The third-order valence-electron chi connectivity index (χ3n) is 14.3. The fourth-order valence-electron chi connectivity index (χ4n) is 11.4. The standard InChI is InChI=1S/C62H28N4/c63-29-33-13-15-37-19-41(31-65)47(21-39(37)17-33)53-27-60-58-26-52-46-12-4-8-36-6-2-10-44(62(36)46)50(52)24-56(58)54(48-22-40-18-34(30-64)14-16-38(40)20-42(48)32-66)28-59(60)57-25-51-45-11-3-7-35-5-1-9-43(61(35)45)49(51)23-55(53)57/h1-28H. The van der Waals surface area contributed by atoms with E-state index in [0.717, 1.165) is 98.4 Å². The predicted molar refractivity (Wildman–Crippen MR) is 268 cm³/mol. The molecule has 66 heavy (non-hydrogen) atoms. The highest BCUT2D eigenvalue weighted by Crippen LogP contribution is 2.54. The highest BCUT2D eigenvalue weighted by atomic mass is 14.3. The maximum atomic E-state index is 10.9. The Morgan fingerprint density at radius 2 is 0.576 bits per heavy atom. The van der Waals surface area contributed by atoms with E-state index in [1.807, 2.05) is 36.4 Å². The summed E-state index contributed by atoms with van der Waals surface area (Å²) in [5.74, 6) is 0. The zero-order valence-corrected chi connectivity index (χ0v) is 35.0. The first-order valence-corrected chi connectivity index (χ1v) is 21.9. The molecule has 4 heteroatoms. The molecule has 0 aliphatic heterocycles. The zero-order chi connectivity index (χ0) is 43.9. The molecule has 0 unspecified atom stereocenters. The lowest BCUT2D eigenvalue weighted by Gasteiger charge is -2.20. The van der Waals surface area contributed by atoms with Crippen LogP contribution in [0, 0.1) is 45.3 Å². The second kappa shape index (κ2) is 13.0. The van der Waals surface area contributed by atoms with Crippen LogP contribution in [0.2, 0.25) is 0 Å². The fraction of sp³-hybridized carbons (Fsp3) is 0. The van der Waals surface area contributed by atoms with Gasteiger partial charge in [-0.2, -0.15) is 21.0 Å². The van der Waals surface area contributed by atoms with E-state index in [9.17, 15) is 21.0 Å². The van der Waals surface area contributed by atoms with Crippen molar-refractivity contribution >= 4 is 75.4 Å². The van der Waals surface area contributed by atoms with Crippen LogP contribution in [0.3, 0.4) is 0 Å². The quantitative estimate of drug-likeness (QED) is 0.162. The lowest BCUT2D eigenvalue weighted by molar-refractivity contribution is 1.48. The monoisotopic (exact) mass is 828 g/mol. The van der Waals surface area contributed by atoms with Crippen molar-refractivity contribution in [3.8, 4) is 91.0 Å². The molecule has 0 bridgehead atoms. The van der Waals surface area contributed by atoms with Gasteiger partial charge in [0.1, 0.15) is 0 Å². The molecule has 296 valence electrons. The Hall–Kier alpha value is -9.58. The van der Waals surface area contributed by atoms with Crippen LogP contribution in [-0.2, 0) is 0 Å². The van der Waals surface area contributed by atoms with E-state index in [4.69, 9.17) is 0 Å². The van der Waals surface area contributed by atoms with Gasteiger partial charge in [0.05, 0.1) is 46.5 Å². The predicted octanol–water partition coefficient (Wildman–Crippen LogP) is 15.9. The molecule has 2 aliphatic carbocycles. The number of nitriles is 4. The first kappa shape index (κ1) is 36.0. The summed E-state index contributed by atoms with van der Waals surface area (Å²) in [7, 11) is 0. The molecule has 0 N–H and O–H groups in total. The van der Waals surface area contributed by atoms with Gasteiger partial charge < -0.3 is 0 Å². The molecule has 0 radical (unpaired) electrons. The van der Waals surface area contributed by atoms with E-state index < -0.39 is 0 Å². The molecule has 12 aromatic carbocycles. The van der Waals surface area contributed by atoms with Crippen LogP contribution < -0.4 is 0 Å². The van der Waals surface area contributed by atoms with Crippen molar-refractivity contribution in [3.63, 3.8) is 0 Å². The molecule has 0 atom stereocenters. The molecule has 0 heterocycles. The molecule has 0 amide bonds. The molecule has 0 saturated heterocycles. The Labute approximate surface area is 377 Å². The van der Waals surface area contributed by atoms with E-state index >= 15 is 0 Å². The van der Waals surface area contributed by atoms with Crippen LogP contribution in [0.4, 0.5) is 0 Å². The van der Waals surface area contributed by atoms with E-state index in [-0.39, 0.29) is 0 Å². The Kier molecular flexibility index (Phi) is 7.08. The van der Waals surface area contributed by atoms with Crippen LogP contribution in [0.25, 0.3) is 142 Å². The largest absolute Gasteiger partial charge is 0.192 e. The average molecular weight is 829 g/mol. The Morgan fingerprint density at radius 1 is 0.227 bits per heavy atom. The smallest absolute Gasteiger partial charge is 0.0998 e. The van der Waals surface area contributed by atoms with Crippen LogP contribution in [0.1, 0.15) is 22.3 Å². The Bertz CT molecular complexity index is 4210. The molecule has 12 aromatic rings. The summed E-state index contributed by atoms with van der Waals surface area (Å²) >= 11 is 0. The van der Waals surface area contributed by atoms with Gasteiger partial charge in [-0.3, -0.25) is 0 Å². The van der Waals surface area contributed by atoms with Gasteiger partial charge >= 0.3 is 0 Å². The molecule has 0 fully saturated rings. The van der Waals surface area contributed by atoms with Crippen molar-refractivity contribution in [3.05, 3.63) is 192 Å². The summed E-state index contributed by atoms with van der Waals surface area (Å²) in [5, 5.41) is 56.2. The first-order chi connectivity index (χ1) is 32.5. The van der Waals surface area contributed by atoms with Gasteiger partial charge in [0.2, 0.25) is 0 Å². The van der Waals surface area contributed by atoms with Crippen LogP contribution in [0.15, 0.2) is 170 Å². The molecular weight excluding hydrogens is 801 g/mol. The topological polar surface area (TPSA) is 95.2 Å². The Balaban J connectivity index is 1.19. The lowest BCUT2D eigenvalue weighted by Crippen LogP contribution is -1.94. The van der Waals surface area contributed by atoms with Crippen molar-refractivity contribution in [1.82, 2.24) is 0 Å². The fourth-order valence-corrected chi connectivity index (χ4v) is 11.4. The lowest BCUT2D eigenvalue weighted by atomic mass is 9.83. The molecular formula is C62H28N4. The summed E-state index contributed by atoms with van der Waals surface area (Å²) < 4.78 is 0. The van der Waals surface area contributed by atoms with Gasteiger partial charge in [0.25, 0.3) is 0 Å². The molecule has 14 rings (SSSR count). The summed E-state index contributed by atoms with van der Waals surface area (Å²) in [5.41, 5.74) is 15.0. The second-order valence-electron chi connectivity index (χ2n) is 17.6. The second-order valence-corrected chi connectivity index (χ2v) is 17.6. The van der Waals surface area contributed by atoms with Crippen molar-refractivity contribution in [2.75, 3.05) is 0 Å². The number of hydrogen-bond acceptors (Lipinski definition) is 4. The molecule has 0 aromatic heterocycles. The number of rotatable bonds is 2. The number of nitrogens with zero attached hydrogens (tertiary/aromatic N) is 4. The van der Waals surface area contributed by atoms with E-state index in [1.54, 1.807) is 12.1 Å². The molecule has 0 saturated carbocycles. The maximum absolute atomic E-state index is 10.9. The highest BCUT2D eigenvalue weighted by molar-refractivity contribution is 6.29. The molecule has 0 spiro atoms. The minimum Gasteiger partial charge on any atom is -0.192 e. The van der Waals surface area contributed by atoms with Crippen molar-refractivity contribution in [2.45, 2.75) is 0 Å². The summed E-state index contributed by atoms with van der Waals surface area (Å²) in [4.78, 5) is 0. The SMILES string of the molecule is N#Cc1ccc2cc(C#N)c(-c3cc4c5cc6c(cc5c(-c5cc7cc(C#N)ccc7cc5C#N)cc4c4cc5c(cc34)-c3cccc4cccc-5c34)-c3cccc4cccc-6c34)cc2c1. The highest BCUT2D eigenvalue weighted by Gasteiger charge is 2.28. The minimum absolute atomic E-state index is 0.550. The van der Waals surface area contributed by atoms with Gasteiger partial charge in [-0.05, 0) is 216 Å². The Morgan fingerprint density at radius 3 is 0.939 bits per heavy atom. The minimum atomic E-state index is 0.550. The van der Waals surface area contributed by atoms with Gasteiger partial charge in [0.15, 0.2) is 0 Å². The van der Waals surface area contributed by atoms with Crippen LogP contribution in [-0.4, -0.2) is 0 Å². The summed E-state index contributed by atoms with van der Waals surface area (Å²) in [6.45, 7) is 0. The van der Waals surface area contributed by atoms with Crippen LogP contribution in [0.5, 0.6) is 0 Å². The summed E-state index contributed by atoms with van der Waals surface area (Å²) in [6.07, 6.45) is 0. The van der Waals surface area contributed by atoms with Gasteiger partial charge in [0, 0.05) is 11.1 Å².